The van der Waals surface area contributed by atoms with Crippen molar-refractivity contribution in [2.75, 3.05) is 23.7 Å². The second-order valence-corrected chi connectivity index (χ2v) is 11.5. The van der Waals surface area contributed by atoms with E-state index in [0.717, 1.165) is 47.2 Å². The van der Waals surface area contributed by atoms with Crippen molar-refractivity contribution in [2.24, 2.45) is 0 Å². The first-order valence-corrected chi connectivity index (χ1v) is 15.0. The van der Waals surface area contributed by atoms with Crippen LogP contribution in [0.1, 0.15) is 57.1 Å². The zero-order valence-corrected chi connectivity index (χ0v) is 23.9. The van der Waals surface area contributed by atoms with Crippen LogP contribution in [0, 0.1) is 0 Å². The lowest BCUT2D eigenvalue weighted by Gasteiger charge is -2.31. The number of carbonyl (C=O) groups excluding carboxylic acids is 2. The van der Waals surface area contributed by atoms with Gasteiger partial charge in [-0.25, -0.2) is 8.42 Å². The summed E-state index contributed by atoms with van der Waals surface area (Å²) < 4.78 is 65.3. The minimum atomic E-state index is -4.63. The van der Waals surface area contributed by atoms with Crippen LogP contribution in [-0.2, 0) is 32.3 Å². The highest BCUT2D eigenvalue weighted by Crippen LogP contribution is 2.32. The molecule has 1 atom stereocenters. The second kappa shape index (κ2) is 14.6. The molecule has 216 valence electrons. The third-order valence-corrected chi connectivity index (χ3v) is 7.54. The molecule has 2 aromatic carbocycles. The number of halogens is 4. The lowest BCUT2D eigenvalue weighted by molar-refractivity contribution is -0.141. The predicted octanol–water partition coefficient (Wildman–Crippen LogP) is 5.63. The summed E-state index contributed by atoms with van der Waals surface area (Å²) in [4.78, 5) is 27.8. The standard InChI is InChI=1S/C27H35ClF3N3O4S/c1-4-6-16-32-26(36)24(5-2)33(19-20-12-14-22(28)15-13-20)25(35)11-8-17-34(39(3,37)38)23-10-7-9-21(18-23)27(29,30)31/h7,9-10,12-15,18,24H,4-6,8,11,16-17,19H2,1-3H3,(H,32,36)/t24-/m0/s1. The molecule has 0 unspecified atom stereocenters. The van der Waals surface area contributed by atoms with E-state index in [0.29, 0.717) is 18.0 Å². The van der Waals surface area contributed by atoms with Crippen molar-refractivity contribution in [3.05, 3.63) is 64.7 Å². The number of rotatable bonds is 14. The molecule has 0 aromatic heterocycles. The van der Waals surface area contributed by atoms with Crippen molar-refractivity contribution in [3.8, 4) is 0 Å². The van der Waals surface area contributed by atoms with Gasteiger partial charge in [0.05, 0.1) is 17.5 Å². The highest BCUT2D eigenvalue weighted by Gasteiger charge is 2.32. The number of sulfonamides is 1. The minimum absolute atomic E-state index is 0.0349. The van der Waals surface area contributed by atoms with Gasteiger partial charge in [-0.3, -0.25) is 13.9 Å². The van der Waals surface area contributed by atoms with Gasteiger partial charge in [-0.2, -0.15) is 13.2 Å². The molecule has 1 N–H and O–H groups in total. The monoisotopic (exact) mass is 589 g/mol. The Kier molecular flexibility index (Phi) is 12.1. The van der Waals surface area contributed by atoms with E-state index in [1.54, 1.807) is 31.2 Å². The SMILES string of the molecule is CCCCNC(=O)[C@H](CC)N(Cc1ccc(Cl)cc1)C(=O)CCCN(c1cccc(C(F)(F)F)c1)S(C)(=O)=O. The fourth-order valence-electron chi connectivity index (χ4n) is 4.05. The molecule has 0 saturated carbocycles. The first-order valence-electron chi connectivity index (χ1n) is 12.7. The zero-order valence-electron chi connectivity index (χ0n) is 22.3. The number of unbranched alkanes of at least 4 members (excludes halogenated alkanes) is 1. The normalized spacial score (nSPS) is 12.6. The zero-order chi connectivity index (χ0) is 29.2. The molecule has 2 aromatic rings. The Labute approximate surface area is 233 Å². The fourth-order valence-corrected chi connectivity index (χ4v) is 5.14. The molecule has 0 bridgehead atoms. The third-order valence-electron chi connectivity index (χ3n) is 6.10. The maximum atomic E-state index is 13.4. The van der Waals surface area contributed by atoms with Crippen molar-refractivity contribution < 1.29 is 31.2 Å². The van der Waals surface area contributed by atoms with Crippen LogP contribution >= 0.6 is 11.6 Å². The average molecular weight is 590 g/mol. The molecule has 2 rings (SSSR count). The smallest absolute Gasteiger partial charge is 0.354 e. The van der Waals surface area contributed by atoms with Crippen molar-refractivity contribution in [1.29, 1.82) is 0 Å². The molecule has 0 aliphatic heterocycles. The van der Waals surface area contributed by atoms with Gasteiger partial charge >= 0.3 is 6.18 Å². The topological polar surface area (TPSA) is 86.8 Å². The van der Waals surface area contributed by atoms with Crippen molar-refractivity contribution in [2.45, 2.75) is 64.7 Å². The van der Waals surface area contributed by atoms with Gasteiger partial charge in [0.2, 0.25) is 21.8 Å². The van der Waals surface area contributed by atoms with Crippen LogP contribution in [0.25, 0.3) is 0 Å². The highest BCUT2D eigenvalue weighted by atomic mass is 35.5. The molecule has 0 saturated heterocycles. The minimum Gasteiger partial charge on any atom is -0.354 e. The van der Waals surface area contributed by atoms with Crippen LogP contribution < -0.4 is 9.62 Å². The van der Waals surface area contributed by atoms with Gasteiger partial charge in [0.25, 0.3) is 0 Å². The van der Waals surface area contributed by atoms with Gasteiger partial charge in [0, 0.05) is 31.1 Å². The van der Waals surface area contributed by atoms with Gasteiger partial charge in [-0.1, -0.05) is 50.1 Å². The van der Waals surface area contributed by atoms with E-state index in [9.17, 15) is 31.2 Å². The quantitative estimate of drug-likeness (QED) is 0.289. The Balaban J connectivity index is 2.23. The highest BCUT2D eigenvalue weighted by molar-refractivity contribution is 7.92. The molecule has 7 nitrogen and oxygen atoms in total. The number of anilines is 1. The van der Waals surface area contributed by atoms with Crippen LogP contribution in [0.4, 0.5) is 18.9 Å². The molecular formula is C27H35ClF3N3O4S. The molecular weight excluding hydrogens is 555 g/mol. The molecule has 12 heteroatoms. The number of nitrogens with one attached hydrogen (secondary N) is 1. The van der Waals surface area contributed by atoms with Crippen LogP contribution in [0.15, 0.2) is 48.5 Å². The van der Waals surface area contributed by atoms with Gasteiger partial charge < -0.3 is 10.2 Å². The van der Waals surface area contributed by atoms with Gasteiger partial charge in [-0.15, -0.1) is 0 Å². The van der Waals surface area contributed by atoms with Crippen molar-refractivity contribution in [1.82, 2.24) is 10.2 Å². The maximum absolute atomic E-state index is 13.4. The second-order valence-electron chi connectivity index (χ2n) is 9.20. The summed E-state index contributed by atoms with van der Waals surface area (Å²) in [6.45, 7) is 4.21. The van der Waals surface area contributed by atoms with Gasteiger partial charge in [0.1, 0.15) is 6.04 Å². The molecule has 39 heavy (non-hydrogen) atoms. The summed E-state index contributed by atoms with van der Waals surface area (Å²) in [5.74, 6) is -0.657. The fraction of sp³-hybridized carbons (Fsp3) is 0.481. The summed E-state index contributed by atoms with van der Waals surface area (Å²) >= 11 is 5.98. The Morgan fingerprint density at radius 2 is 1.72 bits per heavy atom. The Hall–Kier alpha value is -2.79. The third kappa shape index (κ3) is 10.0. The Bertz CT molecular complexity index is 1210. The number of carbonyl (C=O) groups is 2. The molecule has 0 spiro atoms. The number of amides is 2. The largest absolute Gasteiger partial charge is 0.416 e. The lowest BCUT2D eigenvalue weighted by Crippen LogP contribution is -2.49. The Morgan fingerprint density at radius 1 is 1.05 bits per heavy atom. The average Bonchev–Trinajstić information content (AvgIpc) is 2.86. The summed E-state index contributed by atoms with van der Waals surface area (Å²) in [6.07, 6.45) is -1.77. The number of benzene rings is 2. The Morgan fingerprint density at radius 3 is 2.28 bits per heavy atom. The van der Waals surface area contributed by atoms with E-state index in [-0.39, 0.29) is 43.4 Å². The van der Waals surface area contributed by atoms with E-state index in [2.05, 4.69) is 5.32 Å². The molecule has 0 radical (unpaired) electrons. The van der Waals surface area contributed by atoms with Crippen LogP contribution in [0.5, 0.6) is 0 Å². The number of hydrogen-bond donors (Lipinski definition) is 1. The van der Waals surface area contributed by atoms with E-state index >= 15 is 0 Å². The molecule has 0 fully saturated rings. The van der Waals surface area contributed by atoms with Crippen LogP contribution in [0.2, 0.25) is 5.02 Å². The van der Waals surface area contributed by atoms with Crippen molar-refractivity contribution >= 4 is 39.1 Å². The van der Waals surface area contributed by atoms with Crippen LogP contribution in [-0.4, -0.2) is 50.5 Å². The first kappa shape index (κ1) is 32.4. The van der Waals surface area contributed by atoms with Gasteiger partial charge in [0.15, 0.2) is 0 Å². The number of hydrogen-bond acceptors (Lipinski definition) is 4. The maximum Gasteiger partial charge on any atom is 0.416 e. The number of alkyl halides is 3. The van der Waals surface area contributed by atoms with Gasteiger partial charge in [-0.05, 0) is 55.2 Å². The molecule has 0 heterocycles. The summed E-state index contributed by atoms with van der Waals surface area (Å²) in [6, 6.07) is 10.2. The summed E-state index contributed by atoms with van der Waals surface area (Å²) in [7, 11) is -3.93. The van der Waals surface area contributed by atoms with E-state index in [1.165, 1.54) is 11.0 Å². The molecule has 0 aliphatic carbocycles. The van der Waals surface area contributed by atoms with E-state index in [4.69, 9.17) is 11.6 Å². The predicted molar refractivity (Wildman–Crippen MR) is 147 cm³/mol. The van der Waals surface area contributed by atoms with Crippen LogP contribution in [0.3, 0.4) is 0 Å². The van der Waals surface area contributed by atoms with E-state index in [1.807, 2.05) is 6.92 Å². The molecule has 0 aliphatic rings. The number of nitrogens with zero attached hydrogens (tertiary/aromatic N) is 2. The summed E-state index contributed by atoms with van der Waals surface area (Å²) in [5, 5.41) is 3.39. The lowest BCUT2D eigenvalue weighted by atomic mass is 10.1. The van der Waals surface area contributed by atoms with Crippen molar-refractivity contribution in [3.63, 3.8) is 0 Å². The van der Waals surface area contributed by atoms with E-state index < -0.39 is 27.8 Å². The first-order chi connectivity index (χ1) is 18.3. The summed E-state index contributed by atoms with van der Waals surface area (Å²) in [5.41, 5.74) is -0.354. The molecule has 2 amide bonds.